The second-order valence-corrected chi connectivity index (χ2v) is 7.11. The first-order valence-corrected chi connectivity index (χ1v) is 9.55. The Labute approximate surface area is 171 Å². The number of halogens is 1. The molecule has 136 valence electrons. The predicted octanol–water partition coefficient (Wildman–Crippen LogP) is 3.21. The van der Waals surface area contributed by atoms with Crippen molar-refractivity contribution in [2.45, 2.75) is 0 Å². The summed E-state index contributed by atoms with van der Waals surface area (Å²) in [5.74, 6) is 0.473. The number of hydrogen-bond donors (Lipinski definition) is 1. The Morgan fingerprint density at radius 3 is 2.61 bits per heavy atom. The maximum atomic E-state index is 13.1. The lowest BCUT2D eigenvalue weighted by molar-refractivity contribution is 1.04. The van der Waals surface area contributed by atoms with E-state index in [2.05, 4.69) is 31.2 Å². The fourth-order valence-corrected chi connectivity index (χ4v) is 3.23. The van der Waals surface area contributed by atoms with E-state index in [1.165, 1.54) is 4.40 Å². The van der Waals surface area contributed by atoms with Crippen LogP contribution in [0.3, 0.4) is 0 Å². The highest BCUT2D eigenvalue weighted by Gasteiger charge is 2.12. The van der Waals surface area contributed by atoms with Crippen LogP contribution in [0.15, 0.2) is 87.2 Å². The van der Waals surface area contributed by atoms with Gasteiger partial charge in [-0.3, -0.25) is 14.2 Å². The topological polar surface area (TPSA) is 58.8 Å². The smallest absolute Gasteiger partial charge is 0.268 e. The highest BCUT2D eigenvalue weighted by atomic mass is 79.9. The molecule has 2 heterocycles. The van der Waals surface area contributed by atoms with Gasteiger partial charge < -0.3 is 5.32 Å². The predicted molar refractivity (Wildman–Crippen MR) is 121 cm³/mol. The SMILES string of the molecule is Bc1ccccc1Nc1nc2ccccn2c(=O)c1/C=N/c1ccccc1Br. The zero-order chi connectivity index (χ0) is 19.5. The first-order chi connectivity index (χ1) is 13.6. The third kappa shape index (κ3) is 3.61. The quantitative estimate of drug-likeness (QED) is 0.399. The molecule has 4 aromatic rings. The number of aliphatic imine (C=N–C) groups is 1. The van der Waals surface area contributed by atoms with E-state index in [0.717, 1.165) is 21.3 Å². The van der Waals surface area contributed by atoms with Crippen LogP contribution in [0, 0.1) is 0 Å². The molecule has 2 aromatic heterocycles. The average Bonchev–Trinajstić information content (AvgIpc) is 2.71. The molecule has 4 rings (SSSR count). The van der Waals surface area contributed by atoms with Crippen LogP contribution in [0.1, 0.15) is 5.56 Å². The molecule has 0 aliphatic heterocycles. The molecule has 0 unspecified atom stereocenters. The van der Waals surface area contributed by atoms with Gasteiger partial charge in [0, 0.05) is 22.6 Å². The third-order valence-electron chi connectivity index (χ3n) is 4.35. The van der Waals surface area contributed by atoms with Crippen LogP contribution in [0.4, 0.5) is 17.2 Å². The lowest BCUT2D eigenvalue weighted by Gasteiger charge is -2.12. The molecule has 1 N–H and O–H groups in total. The molecule has 0 amide bonds. The number of fused-ring (bicyclic) bond motifs is 1. The van der Waals surface area contributed by atoms with E-state index in [9.17, 15) is 4.79 Å². The summed E-state index contributed by atoms with van der Waals surface area (Å²) in [6.07, 6.45) is 3.27. The third-order valence-corrected chi connectivity index (χ3v) is 5.02. The first kappa shape index (κ1) is 18.2. The zero-order valence-electron chi connectivity index (χ0n) is 15.1. The van der Waals surface area contributed by atoms with Crippen LogP contribution >= 0.6 is 15.9 Å². The van der Waals surface area contributed by atoms with Gasteiger partial charge in [0.05, 0.1) is 5.69 Å². The van der Waals surface area contributed by atoms with Gasteiger partial charge in [-0.05, 0) is 46.3 Å². The summed E-state index contributed by atoms with van der Waals surface area (Å²) in [5, 5.41) is 3.30. The largest absolute Gasteiger partial charge is 0.340 e. The number of pyridine rings is 1. The molecule has 0 bridgehead atoms. The Morgan fingerprint density at radius 2 is 1.79 bits per heavy atom. The summed E-state index contributed by atoms with van der Waals surface area (Å²) in [6.45, 7) is 0. The molecule has 2 aromatic carbocycles. The molecule has 28 heavy (non-hydrogen) atoms. The summed E-state index contributed by atoms with van der Waals surface area (Å²) in [5.41, 5.74) is 3.47. The monoisotopic (exact) mass is 430 g/mol. The molecule has 0 saturated heterocycles. The van der Waals surface area contributed by atoms with E-state index in [0.29, 0.717) is 17.0 Å². The first-order valence-electron chi connectivity index (χ1n) is 8.76. The molecule has 7 heteroatoms. The number of para-hydroxylation sites is 2. The molecule has 0 saturated carbocycles. The maximum Gasteiger partial charge on any atom is 0.268 e. The summed E-state index contributed by atoms with van der Waals surface area (Å²) < 4.78 is 2.37. The van der Waals surface area contributed by atoms with E-state index in [4.69, 9.17) is 0 Å². The number of aromatic nitrogens is 2. The number of nitrogens with one attached hydrogen (secondary N) is 1. The van der Waals surface area contributed by atoms with Crippen molar-refractivity contribution in [1.29, 1.82) is 0 Å². The van der Waals surface area contributed by atoms with E-state index in [1.54, 1.807) is 24.5 Å². The lowest BCUT2D eigenvalue weighted by Crippen LogP contribution is -2.22. The van der Waals surface area contributed by atoms with Gasteiger partial charge in [0.1, 0.15) is 24.9 Å². The van der Waals surface area contributed by atoms with Gasteiger partial charge >= 0.3 is 0 Å². The van der Waals surface area contributed by atoms with E-state index in [1.807, 2.05) is 62.4 Å². The average molecular weight is 431 g/mol. The van der Waals surface area contributed by atoms with Crippen molar-refractivity contribution < 1.29 is 0 Å². The van der Waals surface area contributed by atoms with Gasteiger partial charge in [0.15, 0.2) is 0 Å². The molecular weight excluding hydrogens is 415 g/mol. The van der Waals surface area contributed by atoms with Crippen LogP contribution < -0.4 is 16.3 Å². The number of anilines is 2. The van der Waals surface area contributed by atoms with Gasteiger partial charge in [-0.1, -0.05) is 41.9 Å². The zero-order valence-corrected chi connectivity index (χ0v) is 16.7. The minimum Gasteiger partial charge on any atom is -0.340 e. The van der Waals surface area contributed by atoms with Gasteiger partial charge in [0.25, 0.3) is 5.56 Å². The Morgan fingerprint density at radius 1 is 1.04 bits per heavy atom. The molecule has 0 atom stereocenters. The summed E-state index contributed by atoms with van der Waals surface area (Å²) in [4.78, 5) is 22.3. The van der Waals surface area contributed by atoms with E-state index in [-0.39, 0.29) is 5.56 Å². The van der Waals surface area contributed by atoms with Crippen LogP contribution in [0.2, 0.25) is 0 Å². The van der Waals surface area contributed by atoms with Crippen molar-refractivity contribution in [1.82, 2.24) is 9.38 Å². The molecule has 0 fully saturated rings. The Balaban J connectivity index is 1.87. The van der Waals surface area contributed by atoms with Crippen LogP contribution in [0.25, 0.3) is 5.65 Å². The van der Waals surface area contributed by atoms with Gasteiger partial charge in [-0.25, -0.2) is 4.98 Å². The molecule has 0 spiro atoms. The molecular formula is C21H16BBrN4O. The fraction of sp³-hybridized carbons (Fsp3) is 0. The highest BCUT2D eigenvalue weighted by Crippen LogP contribution is 2.24. The summed E-state index contributed by atoms with van der Waals surface area (Å²) in [6, 6.07) is 20.9. The van der Waals surface area contributed by atoms with Crippen molar-refractivity contribution in [3.8, 4) is 0 Å². The number of rotatable bonds is 4. The van der Waals surface area contributed by atoms with Crippen molar-refractivity contribution in [2.75, 3.05) is 5.32 Å². The normalized spacial score (nSPS) is 11.2. The fourth-order valence-electron chi connectivity index (χ4n) is 2.85. The number of hydrogen-bond acceptors (Lipinski definition) is 4. The van der Waals surface area contributed by atoms with Crippen LogP contribution in [0.5, 0.6) is 0 Å². The van der Waals surface area contributed by atoms with Gasteiger partial charge in [0.2, 0.25) is 0 Å². The van der Waals surface area contributed by atoms with Crippen LogP contribution in [-0.2, 0) is 0 Å². The lowest BCUT2D eigenvalue weighted by atomic mass is 9.94. The maximum absolute atomic E-state index is 13.1. The molecule has 0 aliphatic carbocycles. The van der Waals surface area contributed by atoms with Crippen LogP contribution in [-0.4, -0.2) is 23.4 Å². The minimum absolute atomic E-state index is 0.183. The van der Waals surface area contributed by atoms with E-state index < -0.39 is 0 Å². The van der Waals surface area contributed by atoms with Crippen molar-refractivity contribution in [2.24, 2.45) is 4.99 Å². The molecule has 0 radical (unpaired) electrons. The molecule has 5 nitrogen and oxygen atoms in total. The summed E-state index contributed by atoms with van der Waals surface area (Å²) >= 11 is 3.48. The van der Waals surface area contributed by atoms with E-state index >= 15 is 0 Å². The highest BCUT2D eigenvalue weighted by molar-refractivity contribution is 9.10. The minimum atomic E-state index is -0.183. The van der Waals surface area contributed by atoms with Gasteiger partial charge in [-0.2, -0.15) is 0 Å². The Kier molecular flexibility index (Phi) is 5.08. The second kappa shape index (κ2) is 7.82. The summed E-state index contributed by atoms with van der Waals surface area (Å²) in [7, 11) is 2.01. The Bertz CT molecular complexity index is 1250. The van der Waals surface area contributed by atoms with Crippen molar-refractivity contribution >= 4 is 58.3 Å². The number of nitrogens with zero attached hydrogens (tertiary/aromatic N) is 3. The number of benzene rings is 2. The Hall–Kier alpha value is -3.19. The van der Waals surface area contributed by atoms with Crippen molar-refractivity contribution in [3.05, 3.63) is 93.3 Å². The van der Waals surface area contributed by atoms with Crippen molar-refractivity contribution in [3.63, 3.8) is 0 Å². The van der Waals surface area contributed by atoms with Gasteiger partial charge in [-0.15, -0.1) is 0 Å². The standard InChI is InChI=1S/C21H16BBrN4O/c22-15-7-1-3-9-17(15)25-20-14(13-24-18-10-4-2-8-16(18)23)21(28)27-12-6-5-11-19(27)26-20/h1-13,25H,22H2/b24-13+. The molecule has 0 aliphatic rings. The second-order valence-electron chi connectivity index (χ2n) is 6.26.